The van der Waals surface area contributed by atoms with Gasteiger partial charge in [0.1, 0.15) is 0 Å². The Bertz CT molecular complexity index is 2160. The van der Waals surface area contributed by atoms with Crippen molar-refractivity contribution in [3.05, 3.63) is 146 Å². The third-order valence-electron chi connectivity index (χ3n) is 7.94. The fourth-order valence-electron chi connectivity index (χ4n) is 5.99. The fourth-order valence-corrected chi connectivity index (χ4v) is 5.99. The van der Waals surface area contributed by atoms with Gasteiger partial charge < -0.3 is 4.98 Å². The van der Waals surface area contributed by atoms with Crippen LogP contribution in [0.2, 0.25) is 0 Å². The molecule has 0 fully saturated rings. The molecular weight excluding hydrogens is 498 g/mol. The lowest BCUT2D eigenvalue weighted by molar-refractivity contribution is 1.33. The molecule has 3 nitrogen and oxygen atoms in total. The van der Waals surface area contributed by atoms with Crippen LogP contribution >= 0.6 is 0 Å². The summed E-state index contributed by atoms with van der Waals surface area (Å²) in [5.41, 5.74) is 11.2. The van der Waals surface area contributed by atoms with Crippen molar-refractivity contribution in [1.29, 1.82) is 0 Å². The number of benzene rings is 5. The normalized spacial score (nSPS) is 11.4. The number of nitrogens with one attached hydrogen (secondary N) is 1. The highest BCUT2D eigenvalue weighted by molar-refractivity contribution is 6.25. The summed E-state index contributed by atoms with van der Waals surface area (Å²) in [6.45, 7) is 0. The van der Waals surface area contributed by atoms with Crippen molar-refractivity contribution in [2.24, 2.45) is 0 Å². The van der Waals surface area contributed by atoms with Crippen molar-refractivity contribution in [2.45, 2.75) is 0 Å². The van der Waals surface area contributed by atoms with Crippen LogP contribution in [-0.2, 0) is 0 Å². The van der Waals surface area contributed by atoms with Crippen molar-refractivity contribution in [3.8, 4) is 44.8 Å². The SMILES string of the molecule is c1ccc(-c2ccc(-c3ccc4ccc5[nH]c6ccccc6c5c4c3-c3ccc(-c4ccccn4)cc3)cc2)nc1. The van der Waals surface area contributed by atoms with Crippen LogP contribution in [0.4, 0.5) is 0 Å². The Morgan fingerprint density at radius 3 is 1.66 bits per heavy atom. The number of aromatic nitrogens is 3. The van der Waals surface area contributed by atoms with Crippen molar-refractivity contribution in [2.75, 3.05) is 0 Å². The number of fused-ring (bicyclic) bond motifs is 5. The maximum Gasteiger partial charge on any atom is 0.0701 e. The van der Waals surface area contributed by atoms with Gasteiger partial charge in [0.2, 0.25) is 0 Å². The summed E-state index contributed by atoms with van der Waals surface area (Å²) in [5.74, 6) is 0. The molecule has 0 aliphatic heterocycles. The van der Waals surface area contributed by atoms with E-state index in [0.717, 1.165) is 33.5 Å². The van der Waals surface area contributed by atoms with Crippen LogP contribution < -0.4 is 0 Å². The Kier molecular flexibility index (Phi) is 5.46. The van der Waals surface area contributed by atoms with Crippen LogP contribution in [-0.4, -0.2) is 15.0 Å². The van der Waals surface area contributed by atoms with Crippen LogP contribution in [0, 0.1) is 0 Å². The molecule has 0 spiro atoms. The minimum atomic E-state index is 0.973. The number of para-hydroxylation sites is 1. The van der Waals surface area contributed by atoms with E-state index in [2.05, 4.69) is 118 Å². The lowest BCUT2D eigenvalue weighted by atomic mass is 9.87. The van der Waals surface area contributed by atoms with Gasteiger partial charge in [-0.15, -0.1) is 0 Å². The van der Waals surface area contributed by atoms with Gasteiger partial charge in [-0.25, -0.2) is 0 Å². The fraction of sp³-hybridized carbons (Fsp3) is 0. The van der Waals surface area contributed by atoms with Gasteiger partial charge in [-0.1, -0.05) is 97.1 Å². The van der Waals surface area contributed by atoms with Crippen molar-refractivity contribution < 1.29 is 0 Å². The summed E-state index contributed by atoms with van der Waals surface area (Å²) in [6.07, 6.45) is 3.68. The molecule has 0 saturated carbocycles. The molecule has 5 aromatic carbocycles. The lowest BCUT2D eigenvalue weighted by Crippen LogP contribution is -1.90. The Balaban J connectivity index is 1.39. The predicted molar refractivity (Wildman–Crippen MR) is 171 cm³/mol. The average molecular weight is 524 g/mol. The van der Waals surface area contributed by atoms with Crippen LogP contribution in [0.15, 0.2) is 146 Å². The van der Waals surface area contributed by atoms with Crippen LogP contribution in [0.5, 0.6) is 0 Å². The van der Waals surface area contributed by atoms with Gasteiger partial charge in [0.25, 0.3) is 0 Å². The second-order valence-corrected chi connectivity index (χ2v) is 10.3. The highest BCUT2D eigenvalue weighted by atomic mass is 14.7. The van der Waals surface area contributed by atoms with E-state index in [4.69, 9.17) is 0 Å². The molecule has 8 aromatic rings. The molecule has 3 heteroatoms. The topological polar surface area (TPSA) is 41.6 Å². The molecule has 41 heavy (non-hydrogen) atoms. The van der Waals surface area contributed by atoms with Gasteiger partial charge in [0, 0.05) is 50.7 Å². The third kappa shape index (κ3) is 3.98. The quantitative estimate of drug-likeness (QED) is 0.249. The number of nitrogens with zero attached hydrogens (tertiary/aromatic N) is 2. The van der Waals surface area contributed by atoms with E-state index in [1.165, 1.54) is 43.8 Å². The zero-order valence-electron chi connectivity index (χ0n) is 22.3. The lowest BCUT2D eigenvalue weighted by Gasteiger charge is -2.16. The average Bonchev–Trinajstić information content (AvgIpc) is 3.44. The number of pyridine rings is 2. The molecule has 0 aliphatic rings. The Hall–Kier alpha value is -5.54. The molecule has 0 radical (unpaired) electrons. The van der Waals surface area contributed by atoms with Gasteiger partial charge in [0.05, 0.1) is 11.4 Å². The zero-order valence-corrected chi connectivity index (χ0v) is 22.3. The van der Waals surface area contributed by atoms with Gasteiger partial charge in [-0.3, -0.25) is 9.97 Å². The van der Waals surface area contributed by atoms with E-state index < -0.39 is 0 Å². The van der Waals surface area contributed by atoms with E-state index in [1.54, 1.807) is 0 Å². The molecule has 3 heterocycles. The van der Waals surface area contributed by atoms with Crippen LogP contribution in [0.3, 0.4) is 0 Å². The first-order valence-electron chi connectivity index (χ1n) is 13.8. The molecule has 3 aromatic heterocycles. The summed E-state index contributed by atoms with van der Waals surface area (Å²) >= 11 is 0. The molecule has 1 N–H and O–H groups in total. The monoisotopic (exact) mass is 523 g/mol. The summed E-state index contributed by atoms with van der Waals surface area (Å²) in [6, 6.07) is 47.2. The zero-order chi connectivity index (χ0) is 27.2. The molecule has 0 aliphatic carbocycles. The van der Waals surface area contributed by atoms with Gasteiger partial charge in [-0.2, -0.15) is 0 Å². The Labute approximate surface area is 237 Å². The Morgan fingerprint density at radius 2 is 1.00 bits per heavy atom. The van der Waals surface area contributed by atoms with E-state index in [-0.39, 0.29) is 0 Å². The minimum Gasteiger partial charge on any atom is -0.354 e. The minimum absolute atomic E-state index is 0.973. The van der Waals surface area contributed by atoms with E-state index >= 15 is 0 Å². The molecule has 0 saturated heterocycles. The summed E-state index contributed by atoms with van der Waals surface area (Å²) in [4.78, 5) is 12.7. The van der Waals surface area contributed by atoms with E-state index in [0.29, 0.717) is 0 Å². The first-order chi connectivity index (χ1) is 20.3. The van der Waals surface area contributed by atoms with Crippen molar-refractivity contribution >= 4 is 32.6 Å². The largest absolute Gasteiger partial charge is 0.354 e. The number of rotatable bonds is 4. The second kappa shape index (κ2) is 9.58. The Morgan fingerprint density at radius 1 is 0.415 bits per heavy atom. The molecule has 8 rings (SSSR count). The summed E-state index contributed by atoms with van der Waals surface area (Å²) in [5, 5.41) is 4.98. The molecule has 0 bridgehead atoms. The standard InChI is InChI=1S/C38H25N3/c1-2-10-34-31(7-1)38-35(41-34)22-20-29-19-21-30(25-11-13-26(14-12-25)32-8-3-5-23-39-32)36(37(29)38)28-17-15-27(16-18-28)33-9-4-6-24-40-33/h1-24,41H. The first kappa shape index (κ1) is 23.4. The van der Waals surface area contributed by atoms with E-state index in [1.807, 2.05) is 42.7 Å². The molecule has 0 atom stereocenters. The third-order valence-corrected chi connectivity index (χ3v) is 7.94. The smallest absolute Gasteiger partial charge is 0.0701 e. The number of aromatic amines is 1. The van der Waals surface area contributed by atoms with Gasteiger partial charge in [0.15, 0.2) is 0 Å². The van der Waals surface area contributed by atoms with E-state index in [9.17, 15) is 0 Å². The first-order valence-corrected chi connectivity index (χ1v) is 13.8. The number of H-pyrrole nitrogens is 1. The van der Waals surface area contributed by atoms with Crippen LogP contribution in [0.1, 0.15) is 0 Å². The molecule has 0 amide bonds. The predicted octanol–water partition coefficient (Wildman–Crippen LogP) is 9.93. The number of hydrogen-bond donors (Lipinski definition) is 1. The van der Waals surface area contributed by atoms with Crippen molar-refractivity contribution in [3.63, 3.8) is 0 Å². The molecular formula is C38H25N3. The highest BCUT2D eigenvalue weighted by Crippen LogP contribution is 2.44. The molecule has 0 unspecified atom stereocenters. The second-order valence-electron chi connectivity index (χ2n) is 10.3. The maximum atomic E-state index is 4.56. The highest BCUT2D eigenvalue weighted by Gasteiger charge is 2.17. The summed E-state index contributed by atoms with van der Waals surface area (Å²) in [7, 11) is 0. The molecule has 192 valence electrons. The number of hydrogen-bond acceptors (Lipinski definition) is 2. The van der Waals surface area contributed by atoms with Gasteiger partial charge in [-0.05, 0) is 64.0 Å². The van der Waals surface area contributed by atoms with Gasteiger partial charge >= 0.3 is 0 Å². The maximum absolute atomic E-state index is 4.56. The van der Waals surface area contributed by atoms with Crippen LogP contribution in [0.25, 0.3) is 77.3 Å². The van der Waals surface area contributed by atoms with Crippen molar-refractivity contribution in [1.82, 2.24) is 15.0 Å². The summed E-state index contributed by atoms with van der Waals surface area (Å²) < 4.78 is 0.